The van der Waals surface area contributed by atoms with Gasteiger partial charge in [0.1, 0.15) is 5.75 Å². The zero-order valence-corrected chi connectivity index (χ0v) is 13.1. The average molecular weight is 365 g/mol. The Hall–Kier alpha value is -2.41. The molecule has 22 heavy (non-hydrogen) atoms. The minimum atomic E-state index is -0.477. The van der Waals surface area contributed by atoms with Crippen LogP contribution in [0.5, 0.6) is 5.75 Å². The molecule has 0 unspecified atom stereocenters. The number of benzene rings is 2. The summed E-state index contributed by atoms with van der Waals surface area (Å²) in [5.41, 5.74) is 0.712. The lowest BCUT2D eigenvalue weighted by Crippen LogP contribution is -2.15. The van der Waals surface area contributed by atoms with Crippen LogP contribution in [-0.2, 0) is 4.79 Å². The SMILES string of the molecule is O=C(CCOc1ccc([N+](=O)[O-])cc1)Nc1ccc(Br)cc1. The van der Waals surface area contributed by atoms with Gasteiger partial charge in [0, 0.05) is 22.3 Å². The lowest BCUT2D eigenvalue weighted by atomic mass is 10.3. The van der Waals surface area contributed by atoms with Crippen molar-refractivity contribution in [3.63, 3.8) is 0 Å². The largest absolute Gasteiger partial charge is 0.493 e. The molecule has 7 heteroatoms. The van der Waals surface area contributed by atoms with Crippen LogP contribution in [0.25, 0.3) is 0 Å². The van der Waals surface area contributed by atoms with Gasteiger partial charge in [-0.1, -0.05) is 15.9 Å². The molecule has 1 N–H and O–H groups in total. The molecule has 0 fully saturated rings. The molecule has 2 rings (SSSR count). The van der Waals surface area contributed by atoms with Gasteiger partial charge in [-0.3, -0.25) is 14.9 Å². The average Bonchev–Trinajstić information content (AvgIpc) is 2.50. The highest BCUT2D eigenvalue weighted by molar-refractivity contribution is 9.10. The molecule has 0 spiro atoms. The molecule has 0 atom stereocenters. The Morgan fingerprint density at radius 3 is 2.36 bits per heavy atom. The summed E-state index contributed by atoms with van der Waals surface area (Å²) in [4.78, 5) is 21.8. The molecule has 0 aliphatic heterocycles. The maximum Gasteiger partial charge on any atom is 0.269 e. The standard InChI is InChI=1S/C15H13BrN2O4/c16-11-1-3-12(4-2-11)17-15(19)9-10-22-14-7-5-13(6-8-14)18(20)21/h1-8H,9-10H2,(H,17,19). The van der Waals surface area contributed by atoms with E-state index < -0.39 is 4.92 Å². The van der Waals surface area contributed by atoms with Crippen LogP contribution in [-0.4, -0.2) is 17.4 Å². The van der Waals surface area contributed by atoms with Crippen LogP contribution in [0.15, 0.2) is 53.0 Å². The van der Waals surface area contributed by atoms with Gasteiger partial charge in [-0.05, 0) is 36.4 Å². The van der Waals surface area contributed by atoms with E-state index in [0.29, 0.717) is 11.4 Å². The highest BCUT2D eigenvalue weighted by atomic mass is 79.9. The fraction of sp³-hybridized carbons (Fsp3) is 0.133. The Labute approximate surface area is 135 Å². The van der Waals surface area contributed by atoms with Gasteiger partial charge in [-0.25, -0.2) is 0 Å². The number of anilines is 1. The first-order valence-corrected chi connectivity index (χ1v) is 7.26. The van der Waals surface area contributed by atoms with Crippen LogP contribution in [0.4, 0.5) is 11.4 Å². The summed E-state index contributed by atoms with van der Waals surface area (Å²) in [6.07, 6.45) is 0.188. The van der Waals surface area contributed by atoms with Gasteiger partial charge in [-0.15, -0.1) is 0 Å². The van der Waals surface area contributed by atoms with Gasteiger partial charge in [0.2, 0.25) is 5.91 Å². The second-order valence-corrected chi connectivity index (χ2v) is 5.32. The van der Waals surface area contributed by atoms with Crippen molar-refractivity contribution < 1.29 is 14.5 Å². The predicted molar refractivity (Wildman–Crippen MR) is 86.0 cm³/mol. The second-order valence-electron chi connectivity index (χ2n) is 4.40. The van der Waals surface area contributed by atoms with Crippen molar-refractivity contribution in [3.8, 4) is 5.75 Å². The summed E-state index contributed by atoms with van der Waals surface area (Å²) in [5, 5.41) is 13.3. The maximum atomic E-state index is 11.7. The van der Waals surface area contributed by atoms with Gasteiger partial charge < -0.3 is 10.1 Å². The van der Waals surface area contributed by atoms with Gasteiger partial charge in [0.25, 0.3) is 5.69 Å². The first-order valence-electron chi connectivity index (χ1n) is 6.47. The number of ether oxygens (including phenoxy) is 1. The molecule has 0 aliphatic carbocycles. The lowest BCUT2D eigenvalue weighted by Gasteiger charge is -2.07. The van der Waals surface area contributed by atoms with Crippen molar-refractivity contribution in [3.05, 3.63) is 63.1 Å². The molecule has 2 aromatic rings. The third-order valence-electron chi connectivity index (χ3n) is 2.77. The maximum absolute atomic E-state index is 11.7. The van der Waals surface area contributed by atoms with Gasteiger partial charge in [0.05, 0.1) is 18.0 Å². The molecule has 1 amide bonds. The van der Waals surface area contributed by atoms with Crippen molar-refractivity contribution in [1.82, 2.24) is 0 Å². The summed E-state index contributed by atoms with van der Waals surface area (Å²) < 4.78 is 6.31. The number of amides is 1. The minimum absolute atomic E-state index is 0.000307. The predicted octanol–water partition coefficient (Wildman–Crippen LogP) is 3.76. The van der Waals surface area contributed by atoms with E-state index in [-0.39, 0.29) is 24.6 Å². The molecule has 6 nitrogen and oxygen atoms in total. The van der Waals surface area contributed by atoms with E-state index in [4.69, 9.17) is 4.74 Å². The van der Waals surface area contributed by atoms with E-state index in [0.717, 1.165) is 4.47 Å². The van der Waals surface area contributed by atoms with E-state index in [2.05, 4.69) is 21.2 Å². The highest BCUT2D eigenvalue weighted by Crippen LogP contribution is 2.17. The van der Waals surface area contributed by atoms with Crippen molar-refractivity contribution >= 4 is 33.2 Å². The number of carbonyl (C=O) groups excluding carboxylic acids is 1. The number of rotatable bonds is 6. The Morgan fingerprint density at radius 1 is 1.14 bits per heavy atom. The first-order chi connectivity index (χ1) is 10.5. The van der Waals surface area contributed by atoms with Crippen LogP contribution >= 0.6 is 15.9 Å². The number of nitro benzene ring substituents is 1. The van der Waals surface area contributed by atoms with Gasteiger partial charge in [0.15, 0.2) is 0 Å². The van der Waals surface area contributed by atoms with E-state index in [1.807, 2.05) is 12.1 Å². The number of nitrogens with one attached hydrogen (secondary N) is 1. The third-order valence-corrected chi connectivity index (χ3v) is 3.30. The van der Waals surface area contributed by atoms with Crippen LogP contribution in [0.3, 0.4) is 0 Å². The number of nitro groups is 1. The van der Waals surface area contributed by atoms with Gasteiger partial charge >= 0.3 is 0 Å². The normalized spacial score (nSPS) is 10.0. The molecule has 114 valence electrons. The molecule has 0 bridgehead atoms. The summed E-state index contributed by atoms with van der Waals surface area (Å²) in [6.45, 7) is 0.195. The topological polar surface area (TPSA) is 81.5 Å². The van der Waals surface area contributed by atoms with Crippen molar-refractivity contribution in [2.75, 3.05) is 11.9 Å². The van der Waals surface area contributed by atoms with Crippen molar-refractivity contribution in [1.29, 1.82) is 0 Å². The van der Waals surface area contributed by atoms with E-state index in [9.17, 15) is 14.9 Å². The van der Waals surface area contributed by atoms with Crippen LogP contribution < -0.4 is 10.1 Å². The molecule has 0 saturated carbocycles. The lowest BCUT2D eigenvalue weighted by molar-refractivity contribution is -0.384. The summed E-state index contributed by atoms with van der Waals surface area (Å²) >= 11 is 3.32. The van der Waals surface area contributed by atoms with Crippen LogP contribution in [0, 0.1) is 10.1 Å². The number of hydrogen-bond donors (Lipinski definition) is 1. The van der Waals surface area contributed by atoms with Crippen molar-refractivity contribution in [2.24, 2.45) is 0 Å². The third kappa shape index (κ3) is 4.85. The second kappa shape index (κ2) is 7.56. The van der Waals surface area contributed by atoms with E-state index in [1.165, 1.54) is 24.3 Å². The number of nitrogens with zero attached hydrogens (tertiary/aromatic N) is 1. The molecular weight excluding hydrogens is 352 g/mol. The van der Waals surface area contributed by atoms with Crippen molar-refractivity contribution in [2.45, 2.75) is 6.42 Å². The molecule has 0 aliphatic rings. The van der Waals surface area contributed by atoms with Crippen LogP contribution in [0.2, 0.25) is 0 Å². The fourth-order valence-corrected chi connectivity index (χ4v) is 1.95. The number of halogens is 1. The Morgan fingerprint density at radius 2 is 1.77 bits per heavy atom. The van der Waals surface area contributed by atoms with E-state index >= 15 is 0 Å². The van der Waals surface area contributed by atoms with Gasteiger partial charge in [-0.2, -0.15) is 0 Å². The Balaban J connectivity index is 1.77. The molecule has 0 saturated heterocycles. The molecule has 2 aromatic carbocycles. The summed E-state index contributed by atoms with van der Waals surface area (Å²) in [6, 6.07) is 13.0. The quantitative estimate of drug-likeness (QED) is 0.624. The molecule has 0 heterocycles. The smallest absolute Gasteiger partial charge is 0.269 e. The molecule has 0 aromatic heterocycles. The fourth-order valence-electron chi connectivity index (χ4n) is 1.68. The number of carbonyl (C=O) groups is 1. The summed E-state index contributed by atoms with van der Waals surface area (Å²) in [5.74, 6) is 0.325. The zero-order valence-electron chi connectivity index (χ0n) is 11.5. The van der Waals surface area contributed by atoms with E-state index in [1.54, 1.807) is 12.1 Å². The monoisotopic (exact) mass is 364 g/mol. The first kappa shape index (κ1) is 16.0. The van der Waals surface area contributed by atoms with Crippen LogP contribution in [0.1, 0.15) is 6.42 Å². The molecule has 0 radical (unpaired) electrons. The number of non-ortho nitro benzene ring substituents is 1. The molecular formula is C15H13BrN2O4. The Kier molecular flexibility index (Phi) is 5.48. The highest BCUT2D eigenvalue weighted by Gasteiger charge is 2.06. The Bertz CT molecular complexity index is 656. The zero-order chi connectivity index (χ0) is 15.9. The number of hydrogen-bond acceptors (Lipinski definition) is 4. The minimum Gasteiger partial charge on any atom is -0.493 e. The summed E-state index contributed by atoms with van der Waals surface area (Å²) in [7, 11) is 0.